The standard InChI is InChI=1S/C15H26N2O/c1-4-5-13-6-7-17(10-13)11-14-8-15(9-16-3)18-12(14)2/h8,13,16H,4-7,9-11H2,1-3H3. The fourth-order valence-corrected chi connectivity index (χ4v) is 2.95. The lowest BCUT2D eigenvalue weighted by atomic mass is 10.0. The first-order chi connectivity index (χ1) is 8.72. The van der Waals surface area contributed by atoms with Crippen molar-refractivity contribution in [1.29, 1.82) is 0 Å². The molecule has 0 aliphatic carbocycles. The predicted octanol–water partition coefficient (Wildman–Crippen LogP) is 2.93. The molecule has 1 unspecified atom stereocenters. The zero-order valence-electron chi connectivity index (χ0n) is 12.0. The van der Waals surface area contributed by atoms with Crippen LogP contribution >= 0.6 is 0 Å². The molecule has 1 aromatic heterocycles. The van der Waals surface area contributed by atoms with E-state index in [4.69, 9.17) is 4.42 Å². The summed E-state index contributed by atoms with van der Waals surface area (Å²) in [7, 11) is 1.95. The number of hydrogen-bond acceptors (Lipinski definition) is 3. The number of hydrogen-bond donors (Lipinski definition) is 1. The zero-order valence-corrected chi connectivity index (χ0v) is 12.0. The molecule has 1 aliphatic rings. The summed E-state index contributed by atoms with van der Waals surface area (Å²) in [4.78, 5) is 2.57. The number of rotatable bonds is 6. The monoisotopic (exact) mass is 250 g/mol. The Bertz CT molecular complexity index is 373. The summed E-state index contributed by atoms with van der Waals surface area (Å²) in [6.45, 7) is 8.75. The van der Waals surface area contributed by atoms with Crippen LogP contribution in [0.4, 0.5) is 0 Å². The summed E-state index contributed by atoms with van der Waals surface area (Å²) in [6.07, 6.45) is 4.07. The highest BCUT2D eigenvalue weighted by Gasteiger charge is 2.22. The molecular weight excluding hydrogens is 224 g/mol. The Morgan fingerprint density at radius 3 is 3.06 bits per heavy atom. The molecule has 0 bridgehead atoms. The smallest absolute Gasteiger partial charge is 0.118 e. The highest BCUT2D eigenvalue weighted by Crippen LogP contribution is 2.24. The van der Waals surface area contributed by atoms with Crippen LogP contribution in [0, 0.1) is 12.8 Å². The number of nitrogens with one attached hydrogen (secondary N) is 1. The molecule has 3 nitrogen and oxygen atoms in total. The van der Waals surface area contributed by atoms with E-state index in [0.29, 0.717) is 0 Å². The van der Waals surface area contributed by atoms with Gasteiger partial charge in [-0.05, 0) is 45.3 Å². The maximum Gasteiger partial charge on any atom is 0.118 e. The van der Waals surface area contributed by atoms with E-state index >= 15 is 0 Å². The number of likely N-dealkylation sites (tertiary alicyclic amines) is 1. The van der Waals surface area contributed by atoms with E-state index in [1.165, 1.54) is 37.9 Å². The van der Waals surface area contributed by atoms with E-state index in [1.54, 1.807) is 0 Å². The maximum absolute atomic E-state index is 5.75. The summed E-state index contributed by atoms with van der Waals surface area (Å²) < 4.78 is 5.75. The normalized spacial score (nSPS) is 20.7. The molecule has 2 rings (SSSR count). The summed E-state index contributed by atoms with van der Waals surface area (Å²) in [5.41, 5.74) is 1.36. The number of furan rings is 1. The Hall–Kier alpha value is -0.800. The SMILES string of the molecule is CCCC1CCN(Cc2cc(CNC)oc2C)C1. The van der Waals surface area contributed by atoms with Crippen molar-refractivity contribution in [2.45, 2.75) is 46.2 Å². The Morgan fingerprint density at radius 1 is 1.50 bits per heavy atom. The minimum absolute atomic E-state index is 0.819. The van der Waals surface area contributed by atoms with Gasteiger partial charge in [0.15, 0.2) is 0 Å². The van der Waals surface area contributed by atoms with Gasteiger partial charge in [-0.1, -0.05) is 13.3 Å². The van der Waals surface area contributed by atoms with Gasteiger partial charge in [0.25, 0.3) is 0 Å². The average Bonchev–Trinajstić information content (AvgIpc) is 2.89. The van der Waals surface area contributed by atoms with Gasteiger partial charge in [-0.2, -0.15) is 0 Å². The van der Waals surface area contributed by atoms with E-state index in [2.05, 4.69) is 30.1 Å². The summed E-state index contributed by atoms with van der Waals surface area (Å²) in [6, 6.07) is 2.21. The first kappa shape index (κ1) is 13.6. The largest absolute Gasteiger partial charge is 0.465 e. The molecule has 1 aliphatic heterocycles. The van der Waals surface area contributed by atoms with Crippen molar-refractivity contribution in [2.75, 3.05) is 20.1 Å². The molecular formula is C15H26N2O. The third kappa shape index (κ3) is 3.36. The highest BCUT2D eigenvalue weighted by molar-refractivity contribution is 5.20. The van der Waals surface area contributed by atoms with Gasteiger partial charge in [-0.3, -0.25) is 4.90 Å². The van der Waals surface area contributed by atoms with E-state index in [-0.39, 0.29) is 0 Å². The number of nitrogens with zero attached hydrogens (tertiary/aromatic N) is 1. The lowest BCUT2D eigenvalue weighted by Gasteiger charge is -2.15. The summed E-state index contributed by atoms with van der Waals surface area (Å²) in [5.74, 6) is 3.05. The second-order valence-electron chi connectivity index (χ2n) is 5.50. The van der Waals surface area contributed by atoms with E-state index in [0.717, 1.165) is 30.5 Å². The van der Waals surface area contributed by atoms with Crippen LogP contribution < -0.4 is 5.32 Å². The third-order valence-electron chi connectivity index (χ3n) is 3.88. The van der Waals surface area contributed by atoms with Crippen molar-refractivity contribution >= 4 is 0 Å². The first-order valence-corrected chi connectivity index (χ1v) is 7.18. The van der Waals surface area contributed by atoms with Crippen molar-refractivity contribution in [3.05, 3.63) is 23.2 Å². The Kier molecular flexibility index (Phi) is 4.84. The van der Waals surface area contributed by atoms with Gasteiger partial charge in [0, 0.05) is 18.7 Å². The molecule has 1 saturated heterocycles. The molecule has 1 atom stereocenters. The molecule has 1 aromatic rings. The van der Waals surface area contributed by atoms with Crippen molar-refractivity contribution in [3.63, 3.8) is 0 Å². The van der Waals surface area contributed by atoms with Gasteiger partial charge in [0.2, 0.25) is 0 Å². The minimum atomic E-state index is 0.819. The highest BCUT2D eigenvalue weighted by atomic mass is 16.3. The molecule has 0 aromatic carbocycles. The Balaban J connectivity index is 1.89. The first-order valence-electron chi connectivity index (χ1n) is 7.18. The van der Waals surface area contributed by atoms with Crippen LogP contribution in [-0.4, -0.2) is 25.0 Å². The second-order valence-corrected chi connectivity index (χ2v) is 5.50. The van der Waals surface area contributed by atoms with Gasteiger partial charge in [0.1, 0.15) is 11.5 Å². The quantitative estimate of drug-likeness (QED) is 0.841. The van der Waals surface area contributed by atoms with E-state index in [1.807, 2.05) is 7.05 Å². The van der Waals surface area contributed by atoms with Gasteiger partial charge in [0.05, 0.1) is 6.54 Å². The number of aryl methyl sites for hydroxylation is 1. The molecule has 102 valence electrons. The van der Waals surface area contributed by atoms with Crippen LogP contribution in [0.25, 0.3) is 0 Å². The molecule has 0 saturated carbocycles. The van der Waals surface area contributed by atoms with Gasteiger partial charge >= 0.3 is 0 Å². The molecule has 0 radical (unpaired) electrons. The fraction of sp³-hybridized carbons (Fsp3) is 0.733. The summed E-state index contributed by atoms with van der Waals surface area (Å²) in [5, 5.41) is 3.13. The minimum Gasteiger partial charge on any atom is -0.465 e. The fourth-order valence-electron chi connectivity index (χ4n) is 2.95. The maximum atomic E-state index is 5.75. The Labute approximate surface area is 111 Å². The molecule has 3 heteroatoms. The lowest BCUT2D eigenvalue weighted by Crippen LogP contribution is -2.20. The van der Waals surface area contributed by atoms with Gasteiger partial charge < -0.3 is 9.73 Å². The molecule has 2 heterocycles. The molecule has 1 N–H and O–H groups in total. The zero-order chi connectivity index (χ0) is 13.0. The predicted molar refractivity (Wildman–Crippen MR) is 74.5 cm³/mol. The van der Waals surface area contributed by atoms with Crippen LogP contribution in [0.15, 0.2) is 10.5 Å². The second kappa shape index (κ2) is 6.39. The van der Waals surface area contributed by atoms with Crippen LogP contribution in [0.5, 0.6) is 0 Å². The van der Waals surface area contributed by atoms with Crippen molar-refractivity contribution in [2.24, 2.45) is 5.92 Å². The Morgan fingerprint density at radius 2 is 2.33 bits per heavy atom. The topological polar surface area (TPSA) is 28.4 Å². The van der Waals surface area contributed by atoms with Crippen LogP contribution in [-0.2, 0) is 13.1 Å². The van der Waals surface area contributed by atoms with Crippen LogP contribution in [0.3, 0.4) is 0 Å². The van der Waals surface area contributed by atoms with Gasteiger partial charge in [-0.15, -0.1) is 0 Å². The van der Waals surface area contributed by atoms with E-state index in [9.17, 15) is 0 Å². The van der Waals surface area contributed by atoms with E-state index < -0.39 is 0 Å². The lowest BCUT2D eigenvalue weighted by molar-refractivity contribution is 0.310. The van der Waals surface area contributed by atoms with Crippen molar-refractivity contribution in [1.82, 2.24) is 10.2 Å². The van der Waals surface area contributed by atoms with Gasteiger partial charge in [-0.25, -0.2) is 0 Å². The van der Waals surface area contributed by atoms with Crippen LogP contribution in [0.2, 0.25) is 0 Å². The van der Waals surface area contributed by atoms with Crippen molar-refractivity contribution in [3.8, 4) is 0 Å². The average molecular weight is 250 g/mol. The summed E-state index contributed by atoms with van der Waals surface area (Å²) >= 11 is 0. The molecule has 0 spiro atoms. The molecule has 0 amide bonds. The molecule has 18 heavy (non-hydrogen) atoms. The van der Waals surface area contributed by atoms with Crippen molar-refractivity contribution < 1.29 is 4.42 Å². The third-order valence-corrected chi connectivity index (χ3v) is 3.88. The molecule has 1 fully saturated rings. The van der Waals surface area contributed by atoms with Crippen LogP contribution in [0.1, 0.15) is 43.3 Å².